The molecule has 0 aliphatic carbocycles. The fourth-order valence-corrected chi connectivity index (χ4v) is 1.70. The van der Waals surface area contributed by atoms with Crippen LogP contribution in [0.4, 0.5) is 5.69 Å². The summed E-state index contributed by atoms with van der Waals surface area (Å²) >= 11 is 0. The van der Waals surface area contributed by atoms with Crippen molar-refractivity contribution in [3.63, 3.8) is 0 Å². The molecule has 0 amide bonds. The maximum absolute atomic E-state index is 12.0. The lowest BCUT2D eigenvalue weighted by atomic mass is 10.4. The number of rotatable bonds is 5. The fourth-order valence-electron chi connectivity index (χ4n) is 1.70. The van der Waals surface area contributed by atoms with Crippen LogP contribution in [0.15, 0.2) is 15.8 Å². The maximum atomic E-state index is 12.0. The Morgan fingerprint density at radius 3 is 2.72 bits per heavy atom. The zero-order valence-electron chi connectivity index (χ0n) is 9.87. The lowest BCUT2D eigenvalue weighted by molar-refractivity contribution is -0.387. The van der Waals surface area contributed by atoms with Gasteiger partial charge in [-0.05, 0) is 6.42 Å². The third-order valence-corrected chi connectivity index (χ3v) is 2.67. The first kappa shape index (κ1) is 12.5. The van der Waals surface area contributed by atoms with Crippen LogP contribution in [-0.4, -0.2) is 26.8 Å². The van der Waals surface area contributed by atoms with Crippen molar-refractivity contribution in [1.29, 1.82) is 0 Å². The molecule has 0 radical (unpaired) electrons. The summed E-state index contributed by atoms with van der Waals surface area (Å²) < 4.78 is 7.02. The van der Waals surface area contributed by atoms with E-state index in [0.29, 0.717) is 19.6 Å². The molecule has 1 unspecified atom stereocenters. The predicted molar refractivity (Wildman–Crippen MR) is 61.6 cm³/mol. The molecular weight excluding hydrogens is 242 g/mol. The standard InChI is InChI=1S/C10H13N3O5/c1-2-3-11-5-8(13(16)17)9(14)12(10(11)15)4-7-6-18-7/h5,7H,2-4,6H2,1H3. The van der Waals surface area contributed by atoms with E-state index in [9.17, 15) is 19.7 Å². The van der Waals surface area contributed by atoms with Crippen molar-refractivity contribution in [3.8, 4) is 0 Å². The number of aromatic nitrogens is 2. The Bertz CT molecular complexity index is 584. The molecule has 0 saturated carbocycles. The van der Waals surface area contributed by atoms with Gasteiger partial charge in [0.05, 0.1) is 30.4 Å². The van der Waals surface area contributed by atoms with E-state index >= 15 is 0 Å². The SMILES string of the molecule is CCCn1cc([N+](=O)[O-])c(=O)n(CC2CO2)c1=O. The average molecular weight is 255 g/mol. The van der Waals surface area contributed by atoms with Crippen molar-refractivity contribution < 1.29 is 9.66 Å². The second-order valence-corrected chi connectivity index (χ2v) is 4.12. The van der Waals surface area contributed by atoms with E-state index in [0.717, 1.165) is 10.8 Å². The number of hydrogen-bond acceptors (Lipinski definition) is 5. The van der Waals surface area contributed by atoms with Crippen molar-refractivity contribution >= 4 is 5.69 Å². The molecule has 0 bridgehead atoms. The van der Waals surface area contributed by atoms with Gasteiger partial charge in [-0.15, -0.1) is 0 Å². The molecule has 1 saturated heterocycles. The van der Waals surface area contributed by atoms with Crippen molar-refractivity contribution in [2.45, 2.75) is 32.5 Å². The molecule has 0 N–H and O–H groups in total. The summed E-state index contributed by atoms with van der Waals surface area (Å²) in [6.07, 6.45) is 1.47. The summed E-state index contributed by atoms with van der Waals surface area (Å²) in [7, 11) is 0. The molecule has 2 rings (SSSR count). The van der Waals surface area contributed by atoms with Gasteiger partial charge in [0.15, 0.2) is 0 Å². The first-order valence-corrected chi connectivity index (χ1v) is 5.65. The average Bonchev–Trinajstić information content (AvgIpc) is 3.11. The summed E-state index contributed by atoms with van der Waals surface area (Å²) in [4.78, 5) is 33.8. The molecule has 8 heteroatoms. The van der Waals surface area contributed by atoms with Crippen molar-refractivity contribution in [2.24, 2.45) is 0 Å². The van der Waals surface area contributed by atoms with E-state index in [1.165, 1.54) is 4.57 Å². The lowest BCUT2D eigenvalue weighted by Crippen LogP contribution is -2.41. The van der Waals surface area contributed by atoms with E-state index in [1.54, 1.807) is 0 Å². The highest BCUT2D eigenvalue weighted by Gasteiger charge is 2.27. The molecule has 1 aliphatic heterocycles. The summed E-state index contributed by atoms with van der Waals surface area (Å²) in [6, 6.07) is 0. The Kier molecular flexibility index (Phi) is 3.28. The molecule has 2 heterocycles. The number of nitro groups is 1. The number of hydrogen-bond donors (Lipinski definition) is 0. The van der Waals surface area contributed by atoms with Gasteiger partial charge in [0, 0.05) is 6.54 Å². The van der Waals surface area contributed by atoms with Gasteiger partial charge < -0.3 is 4.74 Å². The van der Waals surface area contributed by atoms with Crippen molar-refractivity contribution in [1.82, 2.24) is 9.13 Å². The Labute approximate surface area is 102 Å². The summed E-state index contributed by atoms with van der Waals surface area (Å²) in [5, 5.41) is 10.8. The van der Waals surface area contributed by atoms with E-state index in [1.807, 2.05) is 6.92 Å². The molecule has 18 heavy (non-hydrogen) atoms. The first-order chi connectivity index (χ1) is 8.54. The summed E-state index contributed by atoms with van der Waals surface area (Å²) in [5.74, 6) is 0. The first-order valence-electron chi connectivity index (χ1n) is 5.65. The number of epoxide rings is 1. The van der Waals surface area contributed by atoms with Gasteiger partial charge in [-0.1, -0.05) is 6.92 Å². The molecular formula is C10H13N3O5. The van der Waals surface area contributed by atoms with Crippen LogP contribution in [0.2, 0.25) is 0 Å². The number of ether oxygens (including phenoxy) is 1. The topological polar surface area (TPSA) is 99.7 Å². The van der Waals surface area contributed by atoms with Crippen LogP contribution < -0.4 is 11.2 Å². The Morgan fingerprint density at radius 1 is 1.56 bits per heavy atom. The third-order valence-electron chi connectivity index (χ3n) is 2.67. The minimum Gasteiger partial charge on any atom is -0.371 e. The van der Waals surface area contributed by atoms with E-state index < -0.39 is 21.9 Å². The Hall–Kier alpha value is -1.96. The van der Waals surface area contributed by atoms with Crippen molar-refractivity contribution in [2.75, 3.05) is 6.61 Å². The molecule has 1 fully saturated rings. The summed E-state index contributed by atoms with van der Waals surface area (Å²) in [6.45, 7) is 2.73. The van der Waals surface area contributed by atoms with Crippen LogP contribution in [0.1, 0.15) is 13.3 Å². The number of aryl methyl sites for hydroxylation is 1. The second kappa shape index (κ2) is 4.73. The van der Waals surface area contributed by atoms with Crippen molar-refractivity contribution in [3.05, 3.63) is 37.1 Å². The van der Waals surface area contributed by atoms with Gasteiger partial charge in [-0.2, -0.15) is 0 Å². The van der Waals surface area contributed by atoms with Gasteiger partial charge in [0.1, 0.15) is 0 Å². The van der Waals surface area contributed by atoms with Gasteiger partial charge in [-0.25, -0.2) is 4.79 Å². The monoisotopic (exact) mass is 255 g/mol. The Morgan fingerprint density at radius 2 is 2.22 bits per heavy atom. The highest BCUT2D eigenvalue weighted by Crippen LogP contribution is 2.10. The minimum absolute atomic E-state index is 0.0725. The largest absolute Gasteiger partial charge is 0.371 e. The predicted octanol–water partition coefficient (Wildman–Crippen LogP) is -0.273. The third kappa shape index (κ3) is 2.33. The molecule has 1 aromatic rings. The quantitative estimate of drug-likeness (QED) is 0.409. The van der Waals surface area contributed by atoms with Crippen LogP contribution in [0.25, 0.3) is 0 Å². The zero-order chi connectivity index (χ0) is 13.3. The molecule has 0 spiro atoms. The molecule has 8 nitrogen and oxygen atoms in total. The normalized spacial score (nSPS) is 17.7. The fraction of sp³-hybridized carbons (Fsp3) is 0.600. The van der Waals surface area contributed by atoms with E-state index in [-0.39, 0.29) is 12.6 Å². The lowest BCUT2D eigenvalue weighted by Gasteiger charge is -2.08. The molecule has 1 atom stereocenters. The highest BCUT2D eigenvalue weighted by molar-refractivity contribution is 5.21. The van der Waals surface area contributed by atoms with Crippen LogP contribution in [0.3, 0.4) is 0 Å². The molecule has 0 aromatic carbocycles. The Balaban J connectivity index is 2.56. The molecule has 98 valence electrons. The van der Waals surface area contributed by atoms with Crippen LogP contribution in [-0.2, 0) is 17.8 Å². The van der Waals surface area contributed by atoms with Crippen LogP contribution in [0.5, 0.6) is 0 Å². The molecule has 1 aromatic heterocycles. The van der Waals surface area contributed by atoms with Gasteiger partial charge in [-0.3, -0.25) is 24.0 Å². The second-order valence-electron chi connectivity index (χ2n) is 4.12. The maximum Gasteiger partial charge on any atom is 0.350 e. The van der Waals surface area contributed by atoms with E-state index in [2.05, 4.69) is 0 Å². The van der Waals surface area contributed by atoms with Gasteiger partial charge >= 0.3 is 16.9 Å². The van der Waals surface area contributed by atoms with Crippen LogP contribution in [0, 0.1) is 10.1 Å². The molecule has 1 aliphatic rings. The van der Waals surface area contributed by atoms with Crippen LogP contribution >= 0.6 is 0 Å². The van der Waals surface area contributed by atoms with E-state index in [4.69, 9.17) is 4.74 Å². The minimum atomic E-state index is -0.868. The zero-order valence-corrected chi connectivity index (χ0v) is 9.87. The number of nitrogens with zero attached hydrogens (tertiary/aromatic N) is 3. The highest BCUT2D eigenvalue weighted by atomic mass is 16.6. The van der Waals surface area contributed by atoms with Gasteiger partial charge in [0.25, 0.3) is 0 Å². The smallest absolute Gasteiger partial charge is 0.350 e. The van der Waals surface area contributed by atoms with Gasteiger partial charge in [0.2, 0.25) is 0 Å². The summed E-state index contributed by atoms with van der Waals surface area (Å²) in [5.41, 5.74) is -1.97.